The number of carbonyl (C=O) groups excluding carboxylic acids is 1. The van der Waals surface area contributed by atoms with Crippen molar-refractivity contribution >= 4 is 28.4 Å². The van der Waals surface area contributed by atoms with E-state index in [2.05, 4.69) is 0 Å². The highest BCUT2D eigenvalue weighted by Gasteiger charge is 2.26. The highest BCUT2D eigenvalue weighted by molar-refractivity contribution is 7.89. The van der Waals surface area contributed by atoms with Crippen LogP contribution in [0.2, 0.25) is 0 Å². The van der Waals surface area contributed by atoms with Crippen molar-refractivity contribution < 1.29 is 22.3 Å². The number of nitrogens with zero attached hydrogens (tertiary/aromatic N) is 1. The molecule has 0 aliphatic heterocycles. The molecule has 0 heterocycles. The molecule has 0 aliphatic rings. The van der Waals surface area contributed by atoms with E-state index in [1.807, 2.05) is 0 Å². The lowest BCUT2D eigenvalue weighted by atomic mass is 10.2. The summed E-state index contributed by atoms with van der Waals surface area (Å²) in [6.07, 6.45) is 0. The van der Waals surface area contributed by atoms with Gasteiger partial charge in [0.2, 0.25) is 10.0 Å². The van der Waals surface area contributed by atoms with Crippen molar-refractivity contribution in [2.45, 2.75) is 24.8 Å². The Morgan fingerprint density at radius 1 is 1.41 bits per heavy atom. The van der Waals surface area contributed by atoms with Crippen molar-refractivity contribution in [1.29, 1.82) is 0 Å². The minimum absolute atomic E-state index is 0. The van der Waals surface area contributed by atoms with E-state index in [-0.39, 0.29) is 36.0 Å². The second-order valence-corrected chi connectivity index (χ2v) is 6.50. The van der Waals surface area contributed by atoms with Gasteiger partial charge in [0.25, 0.3) is 0 Å². The van der Waals surface area contributed by atoms with Crippen molar-refractivity contribution in [3.63, 3.8) is 0 Å². The van der Waals surface area contributed by atoms with Crippen molar-refractivity contribution in [2.75, 3.05) is 20.2 Å². The Bertz CT molecular complexity index is 624. The molecule has 1 aromatic rings. The predicted molar refractivity (Wildman–Crippen MR) is 83.1 cm³/mol. The summed E-state index contributed by atoms with van der Waals surface area (Å²) in [6, 6.07) is 2.43. The topological polar surface area (TPSA) is 89.7 Å². The lowest BCUT2D eigenvalue weighted by molar-refractivity contribution is 0.0525. The van der Waals surface area contributed by atoms with Crippen LogP contribution in [0.15, 0.2) is 23.1 Å². The highest BCUT2D eigenvalue weighted by atomic mass is 35.5. The Kier molecular flexibility index (Phi) is 7.96. The molecule has 0 aliphatic carbocycles. The second kappa shape index (κ2) is 8.42. The van der Waals surface area contributed by atoms with Gasteiger partial charge in [0.15, 0.2) is 0 Å². The molecule has 1 rings (SSSR count). The lowest BCUT2D eigenvalue weighted by Gasteiger charge is -2.23. The largest absolute Gasteiger partial charge is 0.462 e. The summed E-state index contributed by atoms with van der Waals surface area (Å²) in [6.45, 7) is 3.46. The summed E-state index contributed by atoms with van der Waals surface area (Å²) in [5.74, 6) is -1.60. The first-order valence-corrected chi connectivity index (χ1v) is 7.83. The SMILES string of the molecule is CCOC(=O)c1cc(F)cc(S(=O)(=O)N(C)C(C)CN)c1.Cl. The van der Waals surface area contributed by atoms with Gasteiger partial charge in [-0.05, 0) is 32.0 Å². The molecular formula is C13H20ClFN2O4S. The van der Waals surface area contributed by atoms with Gasteiger partial charge >= 0.3 is 5.97 Å². The van der Waals surface area contributed by atoms with Gasteiger partial charge in [-0.15, -0.1) is 12.4 Å². The number of rotatable bonds is 6. The molecule has 6 nitrogen and oxygen atoms in total. The number of hydrogen-bond donors (Lipinski definition) is 1. The van der Waals surface area contributed by atoms with Gasteiger partial charge in [-0.2, -0.15) is 4.31 Å². The van der Waals surface area contributed by atoms with Crippen LogP contribution in [0.1, 0.15) is 24.2 Å². The Labute approximate surface area is 135 Å². The van der Waals surface area contributed by atoms with E-state index in [9.17, 15) is 17.6 Å². The van der Waals surface area contributed by atoms with Crippen molar-refractivity contribution in [3.05, 3.63) is 29.6 Å². The second-order valence-electron chi connectivity index (χ2n) is 4.50. The average molecular weight is 355 g/mol. The van der Waals surface area contributed by atoms with Gasteiger partial charge in [0, 0.05) is 19.6 Å². The number of carbonyl (C=O) groups is 1. The van der Waals surface area contributed by atoms with Crippen LogP contribution in [0.5, 0.6) is 0 Å². The van der Waals surface area contributed by atoms with Crippen molar-refractivity contribution in [3.8, 4) is 0 Å². The number of sulfonamides is 1. The fourth-order valence-electron chi connectivity index (χ4n) is 1.60. The normalized spacial score (nSPS) is 12.6. The maximum atomic E-state index is 13.6. The third-order valence-corrected chi connectivity index (χ3v) is 4.97. The first kappa shape index (κ1) is 20.8. The summed E-state index contributed by atoms with van der Waals surface area (Å²) in [4.78, 5) is 11.3. The molecule has 1 aromatic carbocycles. The molecular weight excluding hydrogens is 335 g/mol. The molecule has 0 aromatic heterocycles. The smallest absolute Gasteiger partial charge is 0.338 e. The molecule has 0 saturated carbocycles. The van der Waals surface area contributed by atoms with E-state index in [1.165, 1.54) is 7.05 Å². The quantitative estimate of drug-likeness (QED) is 0.780. The Balaban J connectivity index is 0.00000441. The molecule has 0 spiro atoms. The molecule has 0 amide bonds. The molecule has 9 heteroatoms. The van der Waals surface area contributed by atoms with Gasteiger partial charge < -0.3 is 10.5 Å². The van der Waals surface area contributed by atoms with Gasteiger partial charge in [-0.3, -0.25) is 0 Å². The van der Waals surface area contributed by atoms with Crippen LogP contribution >= 0.6 is 12.4 Å². The Morgan fingerprint density at radius 3 is 2.50 bits per heavy atom. The molecule has 0 fully saturated rings. The molecule has 0 radical (unpaired) electrons. The number of hydrogen-bond acceptors (Lipinski definition) is 5. The predicted octanol–water partition coefficient (Wildman–Crippen LogP) is 1.39. The maximum Gasteiger partial charge on any atom is 0.338 e. The standard InChI is InChI=1S/C13H19FN2O4S.ClH/c1-4-20-13(17)10-5-11(14)7-12(6-10)21(18,19)16(3)9(2)8-15;/h5-7,9H,4,8,15H2,1-3H3;1H. The van der Waals surface area contributed by atoms with E-state index in [4.69, 9.17) is 10.5 Å². The van der Waals surface area contributed by atoms with Crippen LogP contribution in [-0.4, -0.2) is 44.9 Å². The molecule has 0 bridgehead atoms. The summed E-state index contributed by atoms with van der Waals surface area (Å²) < 4.78 is 44.1. The fraction of sp³-hybridized carbons (Fsp3) is 0.462. The molecule has 2 N–H and O–H groups in total. The third kappa shape index (κ3) is 4.64. The van der Waals surface area contributed by atoms with Gasteiger partial charge in [0.1, 0.15) is 5.82 Å². The first-order valence-electron chi connectivity index (χ1n) is 6.39. The zero-order valence-electron chi connectivity index (χ0n) is 12.6. The van der Waals surface area contributed by atoms with Crippen LogP contribution < -0.4 is 5.73 Å². The highest BCUT2D eigenvalue weighted by Crippen LogP contribution is 2.20. The number of likely N-dealkylation sites (N-methyl/N-ethyl adjacent to an activating group) is 1. The van der Waals surface area contributed by atoms with E-state index in [1.54, 1.807) is 13.8 Å². The molecule has 1 atom stereocenters. The van der Waals surface area contributed by atoms with E-state index in [0.29, 0.717) is 0 Å². The van der Waals surface area contributed by atoms with Crippen LogP contribution in [-0.2, 0) is 14.8 Å². The number of ether oxygens (including phenoxy) is 1. The zero-order valence-corrected chi connectivity index (χ0v) is 14.2. The summed E-state index contributed by atoms with van der Waals surface area (Å²) >= 11 is 0. The van der Waals surface area contributed by atoms with Gasteiger partial charge in [-0.1, -0.05) is 0 Å². The Hall–Kier alpha value is -1.22. The molecule has 126 valence electrons. The van der Waals surface area contributed by atoms with Crippen molar-refractivity contribution in [2.24, 2.45) is 5.73 Å². The maximum absolute atomic E-state index is 13.6. The minimum Gasteiger partial charge on any atom is -0.462 e. The minimum atomic E-state index is -3.94. The third-order valence-electron chi connectivity index (χ3n) is 3.02. The molecule has 22 heavy (non-hydrogen) atoms. The van der Waals surface area contributed by atoms with E-state index >= 15 is 0 Å². The summed E-state index contributed by atoms with van der Waals surface area (Å²) in [5.41, 5.74) is 5.29. The molecule has 1 unspecified atom stereocenters. The monoisotopic (exact) mass is 354 g/mol. The summed E-state index contributed by atoms with van der Waals surface area (Å²) in [7, 11) is -2.59. The van der Waals surface area contributed by atoms with E-state index < -0.39 is 27.9 Å². The fourth-order valence-corrected chi connectivity index (χ4v) is 3.03. The number of benzene rings is 1. The number of halogens is 2. The molecule has 0 saturated heterocycles. The van der Waals surface area contributed by atoms with Crippen LogP contribution in [0.4, 0.5) is 4.39 Å². The Morgan fingerprint density at radius 2 is 2.00 bits per heavy atom. The van der Waals surface area contributed by atoms with Crippen LogP contribution in [0, 0.1) is 5.82 Å². The first-order chi connectivity index (χ1) is 9.73. The number of nitrogens with two attached hydrogens (primary N) is 1. The average Bonchev–Trinajstić information content (AvgIpc) is 2.45. The van der Waals surface area contributed by atoms with Gasteiger partial charge in [0.05, 0.1) is 17.1 Å². The van der Waals surface area contributed by atoms with E-state index in [0.717, 1.165) is 22.5 Å². The van der Waals surface area contributed by atoms with Crippen molar-refractivity contribution in [1.82, 2.24) is 4.31 Å². The summed E-state index contributed by atoms with van der Waals surface area (Å²) in [5, 5.41) is 0. The zero-order chi connectivity index (χ0) is 16.2. The number of esters is 1. The van der Waals surface area contributed by atoms with Gasteiger partial charge in [-0.25, -0.2) is 17.6 Å². The lowest BCUT2D eigenvalue weighted by Crippen LogP contribution is -2.39. The van der Waals surface area contributed by atoms with Crippen LogP contribution in [0.25, 0.3) is 0 Å². The van der Waals surface area contributed by atoms with Crippen LogP contribution in [0.3, 0.4) is 0 Å².